The fourth-order valence-corrected chi connectivity index (χ4v) is 3.34. The average molecular weight is 402 g/mol. The largest absolute Gasteiger partial charge is 0.465 e. The molecular weight excluding hydrogens is 388 g/mol. The summed E-state index contributed by atoms with van der Waals surface area (Å²) in [6, 6.07) is 9.17. The molecule has 0 spiro atoms. The van der Waals surface area contributed by atoms with Gasteiger partial charge in [-0.3, -0.25) is 29.4 Å². The van der Waals surface area contributed by atoms with Gasteiger partial charge in [0.1, 0.15) is 18.1 Å². The Kier molecular flexibility index (Phi) is 5.59. The van der Waals surface area contributed by atoms with Crippen LogP contribution in [-0.2, 0) is 14.3 Å². The number of nitro benzene ring substituents is 1. The van der Waals surface area contributed by atoms with Crippen molar-refractivity contribution >= 4 is 40.6 Å². The summed E-state index contributed by atoms with van der Waals surface area (Å²) < 4.78 is 10.3. The van der Waals surface area contributed by atoms with Crippen molar-refractivity contribution in [3.63, 3.8) is 0 Å². The van der Waals surface area contributed by atoms with E-state index in [0.717, 1.165) is 4.90 Å². The zero-order valence-corrected chi connectivity index (χ0v) is 15.4. The molecule has 28 heavy (non-hydrogen) atoms. The van der Waals surface area contributed by atoms with E-state index in [-0.39, 0.29) is 28.7 Å². The Labute approximate surface area is 163 Å². The number of esters is 1. The van der Waals surface area contributed by atoms with Crippen LogP contribution in [-0.4, -0.2) is 40.1 Å². The lowest BCUT2D eigenvalue weighted by molar-refractivity contribution is -0.384. The maximum absolute atomic E-state index is 12.4. The lowest BCUT2D eigenvalue weighted by Gasteiger charge is -2.10. The molecule has 0 unspecified atom stereocenters. The molecule has 10 heteroatoms. The molecule has 9 nitrogen and oxygen atoms in total. The topological polar surface area (TPSA) is 120 Å². The maximum Gasteiger partial charge on any atom is 0.326 e. The summed E-state index contributed by atoms with van der Waals surface area (Å²) in [6.07, 6.45) is 1.36. The maximum atomic E-state index is 12.4. The number of carbonyl (C=O) groups is 3. The summed E-state index contributed by atoms with van der Waals surface area (Å²) in [5.41, 5.74) is 0.181. The average Bonchev–Trinajstić information content (AvgIpc) is 3.22. The summed E-state index contributed by atoms with van der Waals surface area (Å²) in [7, 11) is 0. The number of hydrogen-bond acceptors (Lipinski definition) is 8. The zero-order valence-electron chi connectivity index (χ0n) is 14.6. The minimum atomic E-state index is -0.678. The minimum absolute atomic E-state index is 0.0813. The van der Waals surface area contributed by atoms with Gasteiger partial charge in [0.25, 0.3) is 16.8 Å². The highest BCUT2D eigenvalue weighted by Crippen LogP contribution is 2.35. The minimum Gasteiger partial charge on any atom is -0.465 e. The van der Waals surface area contributed by atoms with Gasteiger partial charge < -0.3 is 9.15 Å². The SMILES string of the molecule is CCOC(=O)CN1C(=O)S/C(=C\c2ccc(-c3ccccc3[N+](=O)[O-])o2)C1=O. The second-order valence-electron chi connectivity index (χ2n) is 5.55. The second-order valence-corrected chi connectivity index (χ2v) is 6.54. The van der Waals surface area contributed by atoms with Crippen LogP contribution >= 0.6 is 11.8 Å². The number of benzene rings is 1. The van der Waals surface area contributed by atoms with E-state index >= 15 is 0 Å². The molecule has 0 bridgehead atoms. The van der Waals surface area contributed by atoms with Crippen molar-refractivity contribution in [1.29, 1.82) is 0 Å². The van der Waals surface area contributed by atoms with Crippen molar-refractivity contribution in [2.75, 3.05) is 13.2 Å². The Hall–Kier alpha value is -3.40. The highest BCUT2D eigenvalue weighted by atomic mass is 32.2. The van der Waals surface area contributed by atoms with Gasteiger partial charge in [0.05, 0.1) is 22.0 Å². The Morgan fingerprint density at radius 1 is 1.29 bits per heavy atom. The van der Waals surface area contributed by atoms with Gasteiger partial charge in [-0.15, -0.1) is 0 Å². The van der Waals surface area contributed by atoms with E-state index in [1.54, 1.807) is 25.1 Å². The molecule has 2 heterocycles. The molecule has 0 aliphatic carbocycles. The van der Waals surface area contributed by atoms with Gasteiger partial charge in [-0.25, -0.2) is 0 Å². The first-order valence-corrected chi connectivity index (χ1v) is 8.97. The Morgan fingerprint density at radius 2 is 2.04 bits per heavy atom. The van der Waals surface area contributed by atoms with Crippen LogP contribution in [0, 0.1) is 10.1 Å². The molecular formula is C18H14N2O7S. The van der Waals surface area contributed by atoms with E-state index in [2.05, 4.69) is 0 Å². The number of amides is 2. The molecule has 1 saturated heterocycles. The highest BCUT2D eigenvalue weighted by molar-refractivity contribution is 8.18. The summed E-state index contributed by atoms with van der Waals surface area (Å²) in [6.45, 7) is 1.30. The van der Waals surface area contributed by atoms with Gasteiger partial charge >= 0.3 is 5.97 Å². The third-order valence-electron chi connectivity index (χ3n) is 3.73. The number of nitro groups is 1. The first-order chi connectivity index (χ1) is 13.4. The lowest BCUT2D eigenvalue weighted by Crippen LogP contribution is -2.34. The number of hydrogen-bond donors (Lipinski definition) is 0. The molecule has 1 aliphatic heterocycles. The molecule has 0 N–H and O–H groups in total. The van der Waals surface area contributed by atoms with Gasteiger partial charge in [-0.1, -0.05) is 12.1 Å². The van der Waals surface area contributed by atoms with E-state index in [1.165, 1.54) is 24.3 Å². The Morgan fingerprint density at radius 3 is 2.75 bits per heavy atom. The number of furan rings is 1. The predicted molar refractivity (Wildman–Crippen MR) is 100 cm³/mol. The standard InChI is InChI=1S/C18H14N2O7S/c1-2-26-16(21)10-19-17(22)15(28-18(19)23)9-11-7-8-14(27-11)12-5-3-4-6-13(12)20(24)25/h3-9H,2,10H2,1H3/b15-9-. The smallest absolute Gasteiger partial charge is 0.326 e. The van der Waals surface area contributed by atoms with E-state index in [9.17, 15) is 24.5 Å². The van der Waals surface area contributed by atoms with E-state index in [0.29, 0.717) is 17.3 Å². The van der Waals surface area contributed by atoms with Gasteiger partial charge in [-0.2, -0.15) is 0 Å². The third-order valence-corrected chi connectivity index (χ3v) is 4.64. The van der Waals surface area contributed by atoms with E-state index in [4.69, 9.17) is 9.15 Å². The fourth-order valence-electron chi connectivity index (χ4n) is 2.52. The zero-order chi connectivity index (χ0) is 20.3. The number of nitrogens with zero attached hydrogens (tertiary/aromatic N) is 2. The highest BCUT2D eigenvalue weighted by Gasteiger charge is 2.36. The molecule has 144 valence electrons. The molecule has 0 radical (unpaired) electrons. The van der Waals surface area contributed by atoms with Crippen molar-refractivity contribution in [2.24, 2.45) is 0 Å². The van der Waals surface area contributed by atoms with Gasteiger partial charge in [0, 0.05) is 12.1 Å². The monoisotopic (exact) mass is 402 g/mol. The second kappa shape index (κ2) is 8.09. The molecule has 1 fully saturated rings. The Bertz CT molecular complexity index is 995. The first kappa shape index (κ1) is 19.4. The molecule has 2 aromatic rings. The molecule has 2 amide bonds. The number of thioether (sulfide) groups is 1. The summed E-state index contributed by atoms with van der Waals surface area (Å²) in [5.74, 6) is -0.812. The number of imide groups is 1. The van der Waals surface area contributed by atoms with Crippen molar-refractivity contribution < 1.29 is 28.5 Å². The van der Waals surface area contributed by atoms with E-state index in [1.807, 2.05) is 0 Å². The van der Waals surface area contributed by atoms with Crippen LogP contribution < -0.4 is 0 Å². The molecule has 3 rings (SSSR count). The van der Waals surface area contributed by atoms with Gasteiger partial charge in [0.15, 0.2) is 0 Å². The fraction of sp³-hybridized carbons (Fsp3) is 0.167. The van der Waals surface area contributed by atoms with Crippen molar-refractivity contribution in [3.05, 3.63) is 57.2 Å². The number of carbonyl (C=O) groups excluding carboxylic acids is 3. The summed E-state index contributed by atoms with van der Waals surface area (Å²) >= 11 is 0.672. The van der Waals surface area contributed by atoms with Crippen LogP contribution in [0.5, 0.6) is 0 Å². The normalized spacial score (nSPS) is 15.3. The lowest BCUT2D eigenvalue weighted by atomic mass is 10.1. The molecule has 0 atom stereocenters. The number of ether oxygens (including phenoxy) is 1. The van der Waals surface area contributed by atoms with Crippen molar-refractivity contribution in [3.8, 4) is 11.3 Å². The van der Waals surface area contributed by atoms with Crippen LogP contribution in [0.3, 0.4) is 0 Å². The third kappa shape index (κ3) is 3.96. The first-order valence-electron chi connectivity index (χ1n) is 8.15. The molecule has 1 aromatic carbocycles. The van der Waals surface area contributed by atoms with Crippen LogP contribution in [0.1, 0.15) is 12.7 Å². The summed E-state index contributed by atoms with van der Waals surface area (Å²) in [5, 5.41) is 10.6. The van der Waals surface area contributed by atoms with Crippen LogP contribution in [0.4, 0.5) is 10.5 Å². The number of para-hydroxylation sites is 1. The van der Waals surface area contributed by atoms with Crippen LogP contribution in [0.2, 0.25) is 0 Å². The van der Waals surface area contributed by atoms with Gasteiger partial charge in [-0.05, 0) is 36.9 Å². The summed E-state index contributed by atoms with van der Waals surface area (Å²) in [4.78, 5) is 47.4. The predicted octanol–water partition coefficient (Wildman–Crippen LogP) is 3.45. The van der Waals surface area contributed by atoms with Crippen LogP contribution in [0.15, 0.2) is 45.7 Å². The van der Waals surface area contributed by atoms with Gasteiger partial charge in [0.2, 0.25) is 0 Å². The quantitative estimate of drug-likeness (QED) is 0.312. The number of rotatable bonds is 6. The van der Waals surface area contributed by atoms with Crippen molar-refractivity contribution in [1.82, 2.24) is 4.90 Å². The van der Waals surface area contributed by atoms with Crippen molar-refractivity contribution in [2.45, 2.75) is 6.92 Å². The molecule has 1 aliphatic rings. The molecule has 0 saturated carbocycles. The molecule has 1 aromatic heterocycles. The van der Waals surface area contributed by atoms with E-state index < -0.39 is 28.6 Å². The Balaban J connectivity index is 1.82. The van der Waals surface area contributed by atoms with Crippen LogP contribution in [0.25, 0.3) is 17.4 Å².